The van der Waals surface area contributed by atoms with Crippen LogP contribution in [-0.2, 0) is 51.0 Å². The fourth-order valence-electron chi connectivity index (χ4n) is 4.74. The monoisotopic (exact) mass is 609 g/mol. The highest BCUT2D eigenvalue weighted by atomic mass is 16.6. The lowest BCUT2D eigenvalue weighted by molar-refractivity contribution is -0.158. The maximum absolute atomic E-state index is 14.1. The summed E-state index contributed by atoms with van der Waals surface area (Å²) in [7, 11) is 0. The highest BCUT2D eigenvalue weighted by Crippen LogP contribution is 2.26. The number of imide groups is 1. The molecule has 1 saturated heterocycles. The molecule has 0 radical (unpaired) electrons. The van der Waals surface area contributed by atoms with E-state index in [0.29, 0.717) is 38.2 Å². The Kier molecular flexibility index (Phi) is 14.4. The fourth-order valence-corrected chi connectivity index (χ4v) is 4.74. The molecule has 0 saturated carbocycles. The number of allylic oxidation sites excluding steroid dienone is 1. The standard InChI is InChI=1S/C33H39NO10/c1-24(36)44-31(30(38)15-14-28(37)13-8-17-41-19-20-42-18-16-35)29(22-26-11-6-3-7-12-26)32(39)34-27(23-43-33(34)40)21-25-9-4-2-5-10-25/h2-7,9-12,14-15,27,29,31,35H,8,13,16-23H2,1H3/t27-,29-,31-/m0/s1. The molecule has 0 spiro atoms. The van der Waals surface area contributed by atoms with Gasteiger partial charge in [-0.3, -0.25) is 19.2 Å². The summed E-state index contributed by atoms with van der Waals surface area (Å²) in [5, 5.41) is 8.68. The third-order valence-corrected chi connectivity index (χ3v) is 6.82. The summed E-state index contributed by atoms with van der Waals surface area (Å²) < 4.78 is 21.1. The predicted octanol–water partition coefficient (Wildman–Crippen LogP) is 2.87. The molecule has 3 rings (SSSR count). The van der Waals surface area contributed by atoms with Gasteiger partial charge in [-0.05, 0) is 42.5 Å². The molecule has 1 N–H and O–H groups in total. The first-order chi connectivity index (χ1) is 21.3. The SMILES string of the molecule is CC(=O)O[C@H](C(=O)C=CC(=O)CCCOCCOCCO)[C@H](Cc1ccccc1)C(=O)N1C(=O)OC[C@@H]1Cc1ccccc1. The van der Waals surface area contributed by atoms with Gasteiger partial charge in [0.15, 0.2) is 17.7 Å². The second kappa shape index (κ2) is 18.5. The zero-order chi connectivity index (χ0) is 31.7. The van der Waals surface area contributed by atoms with Crippen molar-refractivity contribution in [2.45, 2.75) is 44.8 Å². The summed E-state index contributed by atoms with van der Waals surface area (Å²) in [5.74, 6) is -3.88. The van der Waals surface area contributed by atoms with Gasteiger partial charge in [-0.2, -0.15) is 0 Å². The van der Waals surface area contributed by atoms with Crippen molar-refractivity contribution in [3.63, 3.8) is 0 Å². The summed E-state index contributed by atoms with van der Waals surface area (Å²) in [6.45, 7) is 2.21. The lowest BCUT2D eigenvalue weighted by atomic mass is 9.89. The van der Waals surface area contributed by atoms with E-state index in [1.54, 1.807) is 30.3 Å². The number of carbonyl (C=O) groups excluding carboxylic acids is 5. The van der Waals surface area contributed by atoms with Crippen molar-refractivity contribution < 1.29 is 48.0 Å². The zero-order valence-electron chi connectivity index (χ0n) is 24.8. The molecular formula is C33H39NO10. The number of hydrogen-bond acceptors (Lipinski definition) is 10. The van der Waals surface area contributed by atoms with Crippen molar-refractivity contribution in [2.75, 3.05) is 39.6 Å². The number of nitrogens with zero attached hydrogens (tertiary/aromatic N) is 1. The van der Waals surface area contributed by atoms with E-state index < -0.39 is 41.8 Å². The van der Waals surface area contributed by atoms with Gasteiger partial charge >= 0.3 is 12.1 Å². The number of ketones is 2. The minimum Gasteiger partial charge on any atom is -0.453 e. The quantitative estimate of drug-likeness (QED) is 0.143. The smallest absolute Gasteiger partial charge is 0.416 e. The van der Waals surface area contributed by atoms with E-state index >= 15 is 0 Å². The van der Waals surface area contributed by atoms with Crippen molar-refractivity contribution in [1.82, 2.24) is 4.90 Å². The number of ether oxygens (including phenoxy) is 4. The Morgan fingerprint density at radius 1 is 0.932 bits per heavy atom. The Balaban J connectivity index is 1.75. The highest BCUT2D eigenvalue weighted by molar-refractivity contribution is 6.04. The summed E-state index contributed by atoms with van der Waals surface area (Å²) in [6.07, 6.45) is 0.521. The molecule has 1 fully saturated rings. The summed E-state index contributed by atoms with van der Waals surface area (Å²) in [4.78, 5) is 65.9. The lowest BCUT2D eigenvalue weighted by Crippen LogP contribution is -2.49. The molecule has 2 aromatic rings. The number of amides is 2. The van der Waals surface area contributed by atoms with Crippen molar-refractivity contribution in [3.8, 4) is 0 Å². The first-order valence-corrected chi connectivity index (χ1v) is 14.6. The molecule has 0 unspecified atom stereocenters. The van der Waals surface area contributed by atoms with Crippen LogP contribution in [0.4, 0.5) is 4.79 Å². The van der Waals surface area contributed by atoms with E-state index in [0.717, 1.165) is 29.5 Å². The van der Waals surface area contributed by atoms with Crippen LogP contribution in [0.25, 0.3) is 0 Å². The van der Waals surface area contributed by atoms with Crippen molar-refractivity contribution >= 4 is 29.5 Å². The number of aliphatic hydroxyl groups excluding tert-OH is 1. The largest absolute Gasteiger partial charge is 0.453 e. The molecule has 0 bridgehead atoms. The second-order valence-electron chi connectivity index (χ2n) is 10.2. The molecular weight excluding hydrogens is 570 g/mol. The topological polar surface area (TPSA) is 146 Å². The van der Waals surface area contributed by atoms with Gasteiger partial charge in [0.1, 0.15) is 6.61 Å². The second-order valence-corrected chi connectivity index (χ2v) is 10.2. The average Bonchev–Trinajstić information content (AvgIpc) is 3.38. The number of rotatable bonds is 19. The molecule has 2 amide bonds. The molecule has 3 atom stereocenters. The Labute approximate surface area is 256 Å². The number of carbonyl (C=O) groups is 5. The molecule has 0 aromatic heterocycles. The Morgan fingerprint density at radius 3 is 2.20 bits per heavy atom. The van der Waals surface area contributed by atoms with Gasteiger partial charge < -0.3 is 24.1 Å². The van der Waals surface area contributed by atoms with Crippen LogP contribution >= 0.6 is 0 Å². The molecule has 11 nitrogen and oxygen atoms in total. The van der Waals surface area contributed by atoms with Crippen LogP contribution in [0, 0.1) is 5.92 Å². The van der Waals surface area contributed by atoms with E-state index in [-0.39, 0.29) is 38.4 Å². The predicted molar refractivity (Wildman–Crippen MR) is 158 cm³/mol. The van der Waals surface area contributed by atoms with Crippen LogP contribution in [0.15, 0.2) is 72.8 Å². The third kappa shape index (κ3) is 11.1. The molecule has 236 valence electrons. The Bertz CT molecular complexity index is 1260. The highest BCUT2D eigenvalue weighted by Gasteiger charge is 2.45. The molecule has 1 aliphatic rings. The van der Waals surface area contributed by atoms with Crippen molar-refractivity contribution in [1.29, 1.82) is 0 Å². The maximum atomic E-state index is 14.1. The van der Waals surface area contributed by atoms with Gasteiger partial charge in [0.25, 0.3) is 0 Å². The fraction of sp³-hybridized carbons (Fsp3) is 0.424. The first kappa shape index (κ1) is 34.3. The van der Waals surface area contributed by atoms with Gasteiger partial charge in [0.05, 0.1) is 38.4 Å². The summed E-state index contributed by atoms with van der Waals surface area (Å²) in [6, 6.07) is 17.6. The van der Waals surface area contributed by atoms with E-state index in [9.17, 15) is 24.0 Å². The van der Waals surface area contributed by atoms with Gasteiger partial charge in [-0.1, -0.05) is 60.7 Å². The molecule has 0 aliphatic carbocycles. The summed E-state index contributed by atoms with van der Waals surface area (Å²) >= 11 is 0. The first-order valence-electron chi connectivity index (χ1n) is 14.6. The van der Waals surface area contributed by atoms with Gasteiger partial charge in [-0.15, -0.1) is 0 Å². The van der Waals surface area contributed by atoms with Crippen LogP contribution < -0.4 is 0 Å². The summed E-state index contributed by atoms with van der Waals surface area (Å²) in [5.41, 5.74) is 1.58. The van der Waals surface area contributed by atoms with Crippen LogP contribution in [-0.4, -0.2) is 91.3 Å². The van der Waals surface area contributed by atoms with Crippen LogP contribution in [0.5, 0.6) is 0 Å². The normalized spacial score (nSPS) is 16.0. The molecule has 44 heavy (non-hydrogen) atoms. The van der Waals surface area contributed by atoms with Gasteiger partial charge in [0.2, 0.25) is 5.91 Å². The van der Waals surface area contributed by atoms with E-state index in [4.69, 9.17) is 24.1 Å². The third-order valence-electron chi connectivity index (χ3n) is 6.82. The van der Waals surface area contributed by atoms with Crippen LogP contribution in [0.1, 0.15) is 30.9 Å². The molecule has 1 aliphatic heterocycles. The van der Waals surface area contributed by atoms with Gasteiger partial charge in [-0.25, -0.2) is 9.69 Å². The van der Waals surface area contributed by atoms with E-state index in [1.165, 1.54) is 0 Å². The number of esters is 1. The molecule has 1 heterocycles. The maximum Gasteiger partial charge on any atom is 0.416 e. The van der Waals surface area contributed by atoms with E-state index in [1.807, 2.05) is 30.3 Å². The lowest BCUT2D eigenvalue weighted by Gasteiger charge is -2.29. The van der Waals surface area contributed by atoms with E-state index in [2.05, 4.69) is 0 Å². The number of cyclic esters (lactones) is 1. The molecule has 11 heteroatoms. The minimum absolute atomic E-state index is 0.00760. The van der Waals surface area contributed by atoms with Crippen LogP contribution in [0.2, 0.25) is 0 Å². The number of aliphatic hydroxyl groups is 1. The Hall–Kier alpha value is -4.19. The number of benzene rings is 2. The molecule has 2 aromatic carbocycles. The number of hydrogen-bond donors (Lipinski definition) is 1. The van der Waals surface area contributed by atoms with Crippen molar-refractivity contribution in [2.24, 2.45) is 5.92 Å². The minimum atomic E-state index is -1.59. The average molecular weight is 610 g/mol. The van der Waals surface area contributed by atoms with Gasteiger partial charge in [0, 0.05) is 20.0 Å². The Morgan fingerprint density at radius 2 is 1.57 bits per heavy atom. The van der Waals surface area contributed by atoms with Crippen molar-refractivity contribution in [3.05, 3.63) is 83.9 Å². The zero-order valence-corrected chi connectivity index (χ0v) is 24.8. The van der Waals surface area contributed by atoms with Crippen LogP contribution in [0.3, 0.4) is 0 Å².